The van der Waals surface area contributed by atoms with Crippen molar-refractivity contribution in [2.75, 3.05) is 37.0 Å². The number of nitrogens with two attached hydrogens (primary N) is 1. The van der Waals surface area contributed by atoms with Crippen LogP contribution in [0.5, 0.6) is 11.5 Å². The second-order valence-electron chi connectivity index (χ2n) is 19.7. The highest BCUT2D eigenvalue weighted by Crippen LogP contribution is 2.50. The molecule has 4 aliphatic rings. The van der Waals surface area contributed by atoms with E-state index < -0.39 is 5.24 Å². The lowest BCUT2D eigenvalue weighted by Gasteiger charge is -2.26. The van der Waals surface area contributed by atoms with E-state index in [4.69, 9.17) is 59.5 Å². The zero-order chi connectivity index (χ0) is 54.3. The molecule has 0 radical (unpaired) electrons. The van der Waals surface area contributed by atoms with Crippen LogP contribution in [0.15, 0.2) is 133 Å². The maximum atomic E-state index is 12.4. The van der Waals surface area contributed by atoms with Gasteiger partial charge in [-0.3, -0.25) is 9.59 Å². The van der Waals surface area contributed by atoms with Crippen molar-refractivity contribution in [3.8, 4) is 11.5 Å². The number of methoxy groups -OCH3 is 2. The van der Waals surface area contributed by atoms with E-state index in [1.165, 1.54) is 105 Å². The molecular formula is C64H65Cl3N2O8. The Labute approximate surface area is 466 Å². The number of esters is 2. The van der Waals surface area contributed by atoms with Crippen LogP contribution < -0.4 is 20.5 Å². The minimum Gasteiger partial charge on any atom is -0.489 e. The van der Waals surface area contributed by atoms with Crippen molar-refractivity contribution in [1.29, 1.82) is 0 Å². The Morgan fingerprint density at radius 2 is 0.961 bits per heavy atom. The topological polar surface area (TPSA) is 143 Å². The SMILES string of the molecule is COC(=O)c1ccc2c(c1)CC(c1ccc(OCc3ccccc3)cc1N)=C2C1CCCCC1.COC(=O)c1ccc2c(c1)CC(c1ccc(OCc3ccccc3)cc1NC(=O)CCl)=C2C1CCCCC1.O=C(Cl)CCl. The van der Waals surface area contributed by atoms with Gasteiger partial charge in [-0.05, 0) is 166 Å². The molecule has 0 saturated heterocycles. The Balaban J connectivity index is 0.000000188. The summed E-state index contributed by atoms with van der Waals surface area (Å²) in [5.74, 6) is 1.28. The van der Waals surface area contributed by atoms with E-state index >= 15 is 0 Å². The van der Waals surface area contributed by atoms with Crippen LogP contribution in [0.25, 0.3) is 22.3 Å². The number of halogens is 3. The third-order valence-corrected chi connectivity index (χ3v) is 15.5. The van der Waals surface area contributed by atoms with Crippen molar-refractivity contribution in [2.45, 2.75) is 90.3 Å². The minimum atomic E-state index is -0.508. The molecule has 10 rings (SSSR count). The van der Waals surface area contributed by atoms with E-state index in [1.54, 1.807) is 0 Å². The Morgan fingerprint density at radius 3 is 1.39 bits per heavy atom. The zero-order valence-corrected chi connectivity index (χ0v) is 45.9. The molecule has 0 bridgehead atoms. The lowest BCUT2D eigenvalue weighted by Crippen LogP contribution is -2.15. The molecule has 400 valence electrons. The van der Waals surface area contributed by atoms with E-state index in [0.29, 0.717) is 54.0 Å². The average molecular weight is 1100 g/mol. The number of ether oxygens (including phenoxy) is 4. The van der Waals surface area contributed by atoms with Crippen molar-refractivity contribution >= 4 is 91.6 Å². The number of carbonyl (C=O) groups is 4. The van der Waals surface area contributed by atoms with E-state index in [9.17, 15) is 19.2 Å². The van der Waals surface area contributed by atoms with Gasteiger partial charge in [-0.1, -0.05) is 111 Å². The summed E-state index contributed by atoms with van der Waals surface area (Å²) in [7, 11) is 2.83. The van der Waals surface area contributed by atoms with Gasteiger partial charge in [0.2, 0.25) is 11.1 Å². The predicted octanol–water partition coefficient (Wildman–Crippen LogP) is 14.9. The summed E-state index contributed by atoms with van der Waals surface area (Å²) >= 11 is 15.4. The van der Waals surface area contributed by atoms with Crippen molar-refractivity contribution in [3.63, 3.8) is 0 Å². The fourth-order valence-electron chi connectivity index (χ4n) is 11.1. The largest absolute Gasteiger partial charge is 0.489 e. The molecule has 0 spiro atoms. The number of amides is 1. The lowest BCUT2D eigenvalue weighted by atomic mass is 9.79. The first-order valence-electron chi connectivity index (χ1n) is 26.4. The molecule has 1 amide bonds. The Kier molecular flexibility index (Phi) is 20.1. The van der Waals surface area contributed by atoms with Crippen LogP contribution >= 0.6 is 34.8 Å². The highest BCUT2D eigenvalue weighted by atomic mass is 35.5. The van der Waals surface area contributed by atoms with Gasteiger partial charge in [0.1, 0.15) is 30.6 Å². The van der Waals surface area contributed by atoms with Crippen molar-refractivity contribution in [1.82, 2.24) is 0 Å². The van der Waals surface area contributed by atoms with Gasteiger partial charge in [-0.2, -0.15) is 0 Å². The van der Waals surface area contributed by atoms with Gasteiger partial charge in [0.15, 0.2) is 0 Å². The maximum absolute atomic E-state index is 12.4. The molecule has 13 heteroatoms. The molecule has 0 aromatic heterocycles. The summed E-state index contributed by atoms with van der Waals surface area (Å²) in [4.78, 5) is 46.3. The molecule has 10 nitrogen and oxygen atoms in total. The molecule has 0 aliphatic heterocycles. The Hall–Kier alpha value is -6.85. The third kappa shape index (κ3) is 14.4. The van der Waals surface area contributed by atoms with Gasteiger partial charge in [0.25, 0.3) is 0 Å². The molecule has 3 N–H and O–H groups in total. The normalized spacial score (nSPS) is 15.0. The number of alkyl halides is 2. The van der Waals surface area contributed by atoms with Crippen LogP contribution in [0.2, 0.25) is 0 Å². The van der Waals surface area contributed by atoms with Crippen molar-refractivity contribution in [2.24, 2.45) is 11.8 Å². The summed E-state index contributed by atoms with van der Waals surface area (Å²) in [6.07, 6.45) is 13.7. The number of benzene rings is 6. The quantitative estimate of drug-likeness (QED) is 0.0444. The van der Waals surface area contributed by atoms with Crippen LogP contribution in [0, 0.1) is 11.8 Å². The Bertz CT molecular complexity index is 3130. The zero-order valence-electron chi connectivity index (χ0n) is 43.6. The van der Waals surface area contributed by atoms with Crippen molar-refractivity contribution < 1.29 is 38.1 Å². The van der Waals surface area contributed by atoms with E-state index in [2.05, 4.69) is 35.6 Å². The molecular weight excluding hydrogens is 1030 g/mol. The minimum absolute atomic E-state index is 0.0957. The number of nitrogen functional groups attached to an aromatic ring is 1. The number of carbonyl (C=O) groups excluding carboxylic acids is 4. The fraction of sp³-hybridized carbons (Fsp3) is 0.312. The van der Waals surface area contributed by atoms with Crippen LogP contribution in [-0.4, -0.2) is 49.1 Å². The van der Waals surface area contributed by atoms with Crippen LogP contribution in [0.1, 0.15) is 129 Å². The summed E-state index contributed by atoms with van der Waals surface area (Å²) < 4.78 is 22.0. The highest BCUT2D eigenvalue weighted by Gasteiger charge is 2.33. The van der Waals surface area contributed by atoms with E-state index in [-0.39, 0.29) is 29.6 Å². The number of hydrogen-bond donors (Lipinski definition) is 2. The van der Waals surface area contributed by atoms with Gasteiger partial charge in [-0.15, -0.1) is 23.2 Å². The monoisotopic (exact) mass is 1090 g/mol. The first kappa shape index (κ1) is 56.4. The first-order chi connectivity index (χ1) is 37.5. The fourth-order valence-corrected chi connectivity index (χ4v) is 11.2. The van der Waals surface area contributed by atoms with Gasteiger partial charge < -0.3 is 30.0 Å². The van der Waals surface area contributed by atoms with Gasteiger partial charge in [-0.25, -0.2) is 9.59 Å². The molecule has 77 heavy (non-hydrogen) atoms. The molecule has 0 unspecified atom stereocenters. The molecule has 0 atom stereocenters. The summed E-state index contributed by atoms with van der Waals surface area (Å²) in [5, 5.41) is 2.50. The van der Waals surface area contributed by atoms with Gasteiger partial charge in [0.05, 0.1) is 36.9 Å². The summed E-state index contributed by atoms with van der Waals surface area (Å²) in [5.41, 5.74) is 23.4. The van der Waals surface area contributed by atoms with E-state index in [1.807, 2.05) is 103 Å². The van der Waals surface area contributed by atoms with Crippen LogP contribution in [0.4, 0.5) is 11.4 Å². The molecule has 0 heterocycles. The molecule has 6 aromatic carbocycles. The maximum Gasteiger partial charge on any atom is 0.337 e. The number of fused-ring (bicyclic) bond motifs is 2. The first-order valence-corrected chi connectivity index (χ1v) is 27.8. The van der Waals surface area contributed by atoms with Gasteiger partial charge >= 0.3 is 11.9 Å². The predicted molar refractivity (Wildman–Crippen MR) is 310 cm³/mol. The number of anilines is 2. The second kappa shape index (κ2) is 27.5. The van der Waals surface area contributed by atoms with Crippen molar-refractivity contribution in [3.05, 3.63) is 189 Å². The number of allylic oxidation sites excluding steroid dienone is 4. The van der Waals surface area contributed by atoms with Crippen LogP contribution in [-0.2, 0) is 45.1 Å². The average Bonchev–Trinajstić information content (AvgIpc) is 4.05. The third-order valence-electron chi connectivity index (χ3n) is 14.7. The smallest absolute Gasteiger partial charge is 0.337 e. The van der Waals surface area contributed by atoms with Gasteiger partial charge in [0, 0.05) is 28.9 Å². The molecule has 2 saturated carbocycles. The number of hydrogen-bond acceptors (Lipinski definition) is 9. The second-order valence-corrected chi connectivity index (χ2v) is 20.7. The van der Waals surface area contributed by atoms with Crippen LogP contribution in [0.3, 0.4) is 0 Å². The highest BCUT2D eigenvalue weighted by molar-refractivity contribution is 6.67. The summed E-state index contributed by atoms with van der Waals surface area (Å²) in [6, 6.07) is 43.9. The standard InChI is InChI=1S/C32H32ClNO4.C30H31NO3.C2H2Cl2O/c1-37-32(36)23-12-14-26-24(16-23)17-28(31(26)22-10-6-3-7-11-22)27-15-13-25(18-29(27)34-30(35)19-33)38-20-21-8-4-2-5-9-21;1-33-30(32)22-12-14-25-23(16-22)17-27(29(25)21-10-6-3-7-11-21)26-15-13-24(18-28(26)31)34-19-20-8-4-2-5-9-20;3-1-2(4)5/h2,4-5,8-9,12-16,18,22H,3,6-7,10-11,17,19-20H2,1H3,(H,34,35);2,4-5,8-9,12-16,18,21H,3,6-7,10-11,17,19,31H2,1H3;1H2. The lowest BCUT2D eigenvalue weighted by molar-refractivity contribution is -0.114. The molecule has 2 fully saturated rings. The number of rotatable bonds is 15. The number of nitrogens with one attached hydrogen (secondary N) is 1. The molecule has 4 aliphatic carbocycles. The summed E-state index contributed by atoms with van der Waals surface area (Å²) in [6.45, 7) is 0.943. The Morgan fingerprint density at radius 1 is 0.532 bits per heavy atom. The molecule has 6 aromatic rings. The van der Waals surface area contributed by atoms with E-state index in [0.717, 1.165) is 58.5 Å².